The first-order chi connectivity index (χ1) is 9.56. The Morgan fingerprint density at radius 1 is 1.30 bits per heavy atom. The molecule has 0 aliphatic rings. The van der Waals surface area contributed by atoms with Crippen LogP contribution < -0.4 is 10.1 Å². The highest BCUT2D eigenvalue weighted by atomic mass is 16.5. The summed E-state index contributed by atoms with van der Waals surface area (Å²) in [4.78, 5) is 22.5. The molecule has 1 aromatic rings. The summed E-state index contributed by atoms with van der Waals surface area (Å²) >= 11 is 0. The lowest BCUT2D eigenvalue weighted by Crippen LogP contribution is -2.32. The van der Waals surface area contributed by atoms with Gasteiger partial charge in [-0.3, -0.25) is 9.59 Å². The molecule has 1 aromatic carbocycles. The van der Waals surface area contributed by atoms with E-state index in [0.29, 0.717) is 19.3 Å². The summed E-state index contributed by atoms with van der Waals surface area (Å²) in [6.45, 7) is 1.98. The Morgan fingerprint density at radius 2 is 1.95 bits per heavy atom. The van der Waals surface area contributed by atoms with Crippen LogP contribution in [-0.4, -0.2) is 30.6 Å². The number of carbonyl (C=O) groups excluding carboxylic acids is 1. The first-order valence-corrected chi connectivity index (χ1v) is 6.69. The normalized spacial score (nSPS) is 11.7. The average Bonchev–Trinajstić information content (AvgIpc) is 2.46. The van der Waals surface area contributed by atoms with E-state index in [4.69, 9.17) is 9.84 Å². The monoisotopic (exact) mass is 279 g/mol. The first kappa shape index (κ1) is 16.0. The van der Waals surface area contributed by atoms with Crippen molar-refractivity contribution in [1.82, 2.24) is 5.32 Å². The highest BCUT2D eigenvalue weighted by Crippen LogP contribution is 2.12. The van der Waals surface area contributed by atoms with Crippen molar-refractivity contribution in [2.24, 2.45) is 5.92 Å². The van der Waals surface area contributed by atoms with Crippen LogP contribution in [0.5, 0.6) is 5.75 Å². The maximum Gasteiger partial charge on any atom is 0.308 e. The molecule has 5 nitrogen and oxygen atoms in total. The summed E-state index contributed by atoms with van der Waals surface area (Å²) in [7, 11) is 1.61. The number of benzene rings is 1. The number of hydrogen-bond acceptors (Lipinski definition) is 3. The van der Waals surface area contributed by atoms with E-state index in [2.05, 4.69) is 5.32 Å². The van der Waals surface area contributed by atoms with Crippen LogP contribution in [0.2, 0.25) is 0 Å². The third-order valence-corrected chi connectivity index (χ3v) is 3.19. The van der Waals surface area contributed by atoms with Gasteiger partial charge >= 0.3 is 5.97 Å². The zero-order valence-corrected chi connectivity index (χ0v) is 11.9. The molecule has 0 spiro atoms. The Labute approximate surface area is 118 Å². The standard InChI is InChI=1S/C15H21NO4/c1-3-12(15(18)19)10-16-14(17)9-6-11-4-7-13(20-2)8-5-11/h4-5,7-8,12H,3,6,9-10H2,1-2H3,(H,16,17)(H,18,19). The van der Waals surface area contributed by atoms with Crippen molar-refractivity contribution in [3.63, 3.8) is 0 Å². The summed E-state index contributed by atoms with van der Waals surface area (Å²) in [6.07, 6.45) is 1.48. The van der Waals surface area contributed by atoms with Crippen molar-refractivity contribution in [3.05, 3.63) is 29.8 Å². The van der Waals surface area contributed by atoms with Gasteiger partial charge in [-0.1, -0.05) is 19.1 Å². The largest absolute Gasteiger partial charge is 0.497 e. The fourth-order valence-electron chi connectivity index (χ4n) is 1.78. The molecule has 0 bridgehead atoms. The molecule has 0 aliphatic heterocycles. The Morgan fingerprint density at radius 3 is 2.45 bits per heavy atom. The van der Waals surface area contributed by atoms with E-state index in [1.54, 1.807) is 14.0 Å². The van der Waals surface area contributed by atoms with Crippen LogP contribution in [0.25, 0.3) is 0 Å². The molecule has 20 heavy (non-hydrogen) atoms. The minimum absolute atomic E-state index is 0.125. The van der Waals surface area contributed by atoms with Crippen LogP contribution in [0.15, 0.2) is 24.3 Å². The van der Waals surface area contributed by atoms with Gasteiger partial charge in [0.15, 0.2) is 0 Å². The van der Waals surface area contributed by atoms with Crippen LogP contribution in [0.4, 0.5) is 0 Å². The molecule has 0 saturated carbocycles. The smallest absolute Gasteiger partial charge is 0.308 e. The van der Waals surface area contributed by atoms with E-state index in [1.165, 1.54) is 0 Å². The predicted molar refractivity (Wildman–Crippen MR) is 75.7 cm³/mol. The number of nitrogens with one attached hydrogen (secondary N) is 1. The van der Waals surface area contributed by atoms with Crippen molar-refractivity contribution >= 4 is 11.9 Å². The third-order valence-electron chi connectivity index (χ3n) is 3.19. The van der Waals surface area contributed by atoms with Gasteiger partial charge in [-0.05, 0) is 30.5 Å². The van der Waals surface area contributed by atoms with E-state index in [9.17, 15) is 9.59 Å². The molecule has 5 heteroatoms. The van der Waals surface area contributed by atoms with Crippen molar-refractivity contribution in [2.45, 2.75) is 26.2 Å². The van der Waals surface area contributed by atoms with E-state index >= 15 is 0 Å². The summed E-state index contributed by atoms with van der Waals surface area (Å²) in [5.41, 5.74) is 1.05. The van der Waals surface area contributed by atoms with Crippen LogP contribution >= 0.6 is 0 Å². The fraction of sp³-hybridized carbons (Fsp3) is 0.467. The van der Waals surface area contributed by atoms with Gasteiger partial charge in [0.1, 0.15) is 5.75 Å². The average molecular weight is 279 g/mol. The van der Waals surface area contributed by atoms with Crippen molar-refractivity contribution < 1.29 is 19.4 Å². The molecule has 0 heterocycles. The van der Waals surface area contributed by atoms with E-state index in [1.807, 2.05) is 24.3 Å². The van der Waals surface area contributed by atoms with Gasteiger partial charge in [0.25, 0.3) is 0 Å². The van der Waals surface area contributed by atoms with Gasteiger partial charge in [-0.25, -0.2) is 0 Å². The molecule has 0 fully saturated rings. The van der Waals surface area contributed by atoms with Gasteiger partial charge in [0.2, 0.25) is 5.91 Å². The number of carboxylic acids is 1. The molecule has 1 rings (SSSR count). The van der Waals surface area contributed by atoms with E-state index in [-0.39, 0.29) is 12.5 Å². The van der Waals surface area contributed by atoms with Gasteiger partial charge in [0.05, 0.1) is 13.0 Å². The summed E-state index contributed by atoms with van der Waals surface area (Å²) in [6, 6.07) is 7.53. The minimum atomic E-state index is -0.872. The predicted octanol–water partition coefficient (Wildman–Crippen LogP) is 1.85. The van der Waals surface area contributed by atoms with Crippen LogP contribution in [0.3, 0.4) is 0 Å². The zero-order chi connectivity index (χ0) is 15.0. The maximum atomic E-state index is 11.7. The quantitative estimate of drug-likeness (QED) is 0.761. The maximum absolute atomic E-state index is 11.7. The molecule has 1 amide bonds. The van der Waals surface area contributed by atoms with E-state index in [0.717, 1.165) is 11.3 Å². The lowest BCUT2D eigenvalue weighted by Gasteiger charge is -2.11. The number of aryl methyl sites for hydroxylation is 1. The first-order valence-electron chi connectivity index (χ1n) is 6.69. The Balaban J connectivity index is 2.33. The van der Waals surface area contributed by atoms with Crippen LogP contribution in [0.1, 0.15) is 25.3 Å². The molecule has 1 atom stereocenters. The number of amides is 1. The van der Waals surface area contributed by atoms with Crippen LogP contribution in [0, 0.1) is 5.92 Å². The van der Waals surface area contributed by atoms with Crippen LogP contribution in [-0.2, 0) is 16.0 Å². The summed E-state index contributed by atoms with van der Waals surface area (Å²) < 4.78 is 5.06. The molecular weight excluding hydrogens is 258 g/mol. The Bertz CT molecular complexity index is 442. The molecule has 0 aromatic heterocycles. The van der Waals surface area contributed by atoms with Crippen molar-refractivity contribution in [2.75, 3.05) is 13.7 Å². The topological polar surface area (TPSA) is 75.6 Å². The summed E-state index contributed by atoms with van der Waals surface area (Å²) in [5.74, 6) is -0.728. The molecule has 110 valence electrons. The molecule has 0 saturated heterocycles. The Kier molecular flexibility index (Phi) is 6.56. The molecule has 1 unspecified atom stereocenters. The lowest BCUT2D eigenvalue weighted by molar-refractivity contribution is -0.141. The van der Waals surface area contributed by atoms with Gasteiger partial charge < -0.3 is 15.2 Å². The number of hydrogen-bond donors (Lipinski definition) is 2. The van der Waals surface area contributed by atoms with Gasteiger partial charge in [-0.15, -0.1) is 0 Å². The molecule has 2 N–H and O–H groups in total. The number of methoxy groups -OCH3 is 1. The SMILES string of the molecule is CCC(CNC(=O)CCc1ccc(OC)cc1)C(=O)O. The molecular formula is C15H21NO4. The lowest BCUT2D eigenvalue weighted by atomic mass is 10.1. The Hall–Kier alpha value is -2.04. The second-order valence-corrected chi connectivity index (χ2v) is 4.60. The number of carboxylic acid groups (broad SMARTS) is 1. The number of ether oxygens (including phenoxy) is 1. The summed E-state index contributed by atoms with van der Waals surface area (Å²) in [5, 5.41) is 11.5. The van der Waals surface area contributed by atoms with Crippen molar-refractivity contribution in [1.29, 1.82) is 0 Å². The number of rotatable bonds is 8. The fourth-order valence-corrected chi connectivity index (χ4v) is 1.78. The zero-order valence-electron chi connectivity index (χ0n) is 11.9. The number of aliphatic carboxylic acids is 1. The van der Waals surface area contributed by atoms with Gasteiger partial charge in [-0.2, -0.15) is 0 Å². The second kappa shape index (κ2) is 8.19. The third kappa shape index (κ3) is 5.30. The minimum Gasteiger partial charge on any atom is -0.497 e. The highest BCUT2D eigenvalue weighted by Gasteiger charge is 2.15. The van der Waals surface area contributed by atoms with E-state index < -0.39 is 11.9 Å². The van der Waals surface area contributed by atoms with Gasteiger partial charge in [0, 0.05) is 13.0 Å². The molecule has 0 aliphatic carbocycles. The highest BCUT2D eigenvalue weighted by molar-refractivity contribution is 5.77. The number of carbonyl (C=O) groups is 2. The van der Waals surface area contributed by atoms with Crippen molar-refractivity contribution in [3.8, 4) is 5.75 Å². The molecule has 0 radical (unpaired) electrons. The second-order valence-electron chi connectivity index (χ2n) is 4.60.